The molecule has 0 fully saturated rings. The van der Waals surface area contributed by atoms with Crippen LogP contribution in [0.4, 0.5) is 0 Å². The van der Waals surface area contributed by atoms with Crippen molar-refractivity contribution >= 4 is 11.8 Å². The van der Waals surface area contributed by atoms with Gasteiger partial charge in [0.05, 0.1) is 25.5 Å². The zero-order valence-electron chi connectivity index (χ0n) is 12.7. The number of fused-ring (bicyclic) bond motifs is 1. The summed E-state index contributed by atoms with van der Waals surface area (Å²) in [6, 6.07) is 10.5. The minimum Gasteiger partial charge on any atom is -0.394 e. The average molecular weight is 318 g/mol. The molecular weight excluding hydrogens is 296 g/mol. The smallest absolute Gasteiger partial charge is 0.173 e. The van der Waals surface area contributed by atoms with E-state index in [9.17, 15) is 0 Å². The van der Waals surface area contributed by atoms with Crippen molar-refractivity contribution in [2.24, 2.45) is 0 Å². The Morgan fingerprint density at radius 1 is 1.14 bits per heavy atom. The third kappa shape index (κ3) is 3.54. The molecule has 1 N–H and O–H groups in total. The fourth-order valence-corrected chi connectivity index (χ4v) is 3.72. The standard InChI is InChI=1S/C17H22N2O2S/c20-10-11-21-12-13-22-17-18-15-8-4-5-9-16(15)19(17)14-6-2-1-3-7-14/h1-3,6-7,20H,4-5,8-13H2. The van der Waals surface area contributed by atoms with E-state index in [4.69, 9.17) is 14.8 Å². The van der Waals surface area contributed by atoms with Gasteiger partial charge in [0.1, 0.15) is 0 Å². The van der Waals surface area contributed by atoms with Crippen molar-refractivity contribution in [3.8, 4) is 5.69 Å². The molecule has 22 heavy (non-hydrogen) atoms. The Balaban J connectivity index is 1.81. The number of nitrogens with zero attached hydrogens (tertiary/aromatic N) is 2. The molecule has 2 aromatic rings. The van der Waals surface area contributed by atoms with E-state index in [1.54, 1.807) is 11.8 Å². The summed E-state index contributed by atoms with van der Waals surface area (Å²) in [5.74, 6) is 0.850. The molecular formula is C17H22N2O2S. The second kappa shape index (κ2) is 7.81. The van der Waals surface area contributed by atoms with Crippen molar-refractivity contribution in [1.82, 2.24) is 9.55 Å². The summed E-state index contributed by atoms with van der Waals surface area (Å²) in [5.41, 5.74) is 3.82. The summed E-state index contributed by atoms with van der Waals surface area (Å²) in [6.07, 6.45) is 4.68. The molecule has 1 aliphatic rings. The van der Waals surface area contributed by atoms with Gasteiger partial charge < -0.3 is 9.84 Å². The van der Waals surface area contributed by atoms with Crippen molar-refractivity contribution < 1.29 is 9.84 Å². The van der Waals surface area contributed by atoms with Crippen LogP contribution in [-0.4, -0.2) is 40.2 Å². The van der Waals surface area contributed by atoms with Crippen LogP contribution < -0.4 is 0 Å². The van der Waals surface area contributed by atoms with Gasteiger partial charge in [-0.15, -0.1) is 0 Å². The van der Waals surface area contributed by atoms with Crippen molar-refractivity contribution in [3.05, 3.63) is 41.7 Å². The van der Waals surface area contributed by atoms with Gasteiger partial charge in [-0.25, -0.2) is 4.98 Å². The summed E-state index contributed by atoms with van der Waals surface area (Å²) in [6.45, 7) is 1.12. The zero-order valence-corrected chi connectivity index (χ0v) is 13.5. The van der Waals surface area contributed by atoms with Crippen LogP contribution in [0.25, 0.3) is 5.69 Å². The molecule has 0 saturated heterocycles. The van der Waals surface area contributed by atoms with Gasteiger partial charge in [0.25, 0.3) is 0 Å². The van der Waals surface area contributed by atoms with Crippen LogP contribution in [0.3, 0.4) is 0 Å². The Bertz CT molecular complexity index is 598. The van der Waals surface area contributed by atoms with Gasteiger partial charge in [-0.05, 0) is 37.8 Å². The van der Waals surface area contributed by atoms with Gasteiger partial charge in [-0.3, -0.25) is 4.57 Å². The average Bonchev–Trinajstić information content (AvgIpc) is 2.93. The molecule has 0 unspecified atom stereocenters. The second-order valence-corrected chi connectivity index (χ2v) is 6.41. The maximum atomic E-state index is 8.74. The summed E-state index contributed by atoms with van der Waals surface area (Å²) in [5, 5.41) is 9.80. The maximum absolute atomic E-state index is 8.74. The molecule has 0 atom stereocenters. The van der Waals surface area contributed by atoms with Crippen LogP contribution in [0.2, 0.25) is 0 Å². The van der Waals surface area contributed by atoms with Crippen LogP contribution in [0.1, 0.15) is 24.2 Å². The number of benzene rings is 1. The van der Waals surface area contributed by atoms with E-state index in [1.807, 2.05) is 6.07 Å². The Hall–Kier alpha value is -1.30. The number of imidazole rings is 1. The first kappa shape index (κ1) is 15.6. The van der Waals surface area contributed by atoms with Crippen LogP contribution in [-0.2, 0) is 17.6 Å². The van der Waals surface area contributed by atoms with Crippen molar-refractivity contribution in [1.29, 1.82) is 0 Å². The van der Waals surface area contributed by atoms with Crippen LogP contribution >= 0.6 is 11.8 Å². The van der Waals surface area contributed by atoms with E-state index in [0.29, 0.717) is 13.2 Å². The van der Waals surface area contributed by atoms with E-state index >= 15 is 0 Å². The fourth-order valence-electron chi connectivity index (χ4n) is 2.81. The number of aryl methyl sites for hydroxylation is 1. The molecule has 0 aliphatic heterocycles. The van der Waals surface area contributed by atoms with Gasteiger partial charge >= 0.3 is 0 Å². The van der Waals surface area contributed by atoms with Gasteiger partial charge in [0.15, 0.2) is 5.16 Å². The SMILES string of the molecule is OCCOCCSc1nc2c(n1-c1ccccc1)CCCC2. The lowest BCUT2D eigenvalue weighted by atomic mass is 10.0. The molecule has 5 heteroatoms. The summed E-state index contributed by atoms with van der Waals surface area (Å²) < 4.78 is 7.66. The summed E-state index contributed by atoms with van der Waals surface area (Å²) in [7, 11) is 0. The molecule has 4 nitrogen and oxygen atoms in total. The molecule has 1 heterocycles. The highest BCUT2D eigenvalue weighted by Gasteiger charge is 2.20. The highest BCUT2D eigenvalue weighted by molar-refractivity contribution is 7.99. The number of rotatable bonds is 7. The molecule has 1 aliphatic carbocycles. The number of aliphatic hydroxyl groups is 1. The number of para-hydroxylation sites is 1. The predicted octanol–water partition coefficient (Wildman–Crippen LogP) is 2.85. The topological polar surface area (TPSA) is 47.3 Å². The zero-order chi connectivity index (χ0) is 15.2. The lowest BCUT2D eigenvalue weighted by molar-refractivity contribution is 0.103. The lowest BCUT2D eigenvalue weighted by Gasteiger charge is -2.15. The molecule has 1 aromatic carbocycles. The third-order valence-corrected chi connectivity index (χ3v) is 4.71. The Morgan fingerprint density at radius 2 is 1.95 bits per heavy atom. The van der Waals surface area contributed by atoms with Crippen molar-refractivity contribution in [3.63, 3.8) is 0 Å². The summed E-state index contributed by atoms with van der Waals surface area (Å²) in [4.78, 5) is 4.87. The number of ether oxygens (including phenoxy) is 1. The third-order valence-electron chi connectivity index (χ3n) is 3.81. The van der Waals surface area contributed by atoms with E-state index < -0.39 is 0 Å². The first-order valence-corrected chi connectivity index (χ1v) is 8.86. The molecule has 0 spiro atoms. The number of aromatic nitrogens is 2. The molecule has 118 valence electrons. The first-order chi connectivity index (χ1) is 10.9. The van der Waals surface area contributed by atoms with E-state index in [2.05, 4.69) is 28.8 Å². The number of hydrogen-bond donors (Lipinski definition) is 1. The van der Waals surface area contributed by atoms with Crippen LogP contribution in [0.5, 0.6) is 0 Å². The van der Waals surface area contributed by atoms with Gasteiger partial charge in [-0.2, -0.15) is 0 Å². The fraction of sp³-hybridized carbons (Fsp3) is 0.471. The van der Waals surface area contributed by atoms with Gasteiger partial charge in [-0.1, -0.05) is 30.0 Å². The Morgan fingerprint density at radius 3 is 2.77 bits per heavy atom. The highest BCUT2D eigenvalue weighted by atomic mass is 32.2. The van der Waals surface area contributed by atoms with Crippen molar-refractivity contribution in [2.75, 3.05) is 25.6 Å². The number of hydrogen-bond acceptors (Lipinski definition) is 4. The van der Waals surface area contributed by atoms with E-state index in [-0.39, 0.29) is 6.61 Å². The monoisotopic (exact) mass is 318 g/mol. The number of thioether (sulfide) groups is 1. The molecule has 0 saturated carbocycles. The molecule has 1 aromatic heterocycles. The normalized spacial score (nSPS) is 14.0. The minimum absolute atomic E-state index is 0.0810. The Labute approximate surface area is 135 Å². The van der Waals surface area contributed by atoms with E-state index in [1.165, 1.54) is 29.9 Å². The lowest BCUT2D eigenvalue weighted by Crippen LogP contribution is -2.08. The van der Waals surface area contributed by atoms with Crippen molar-refractivity contribution in [2.45, 2.75) is 30.8 Å². The van der Waals surface area contributed by atoms with Crippen LogP contribution in [0.15, 0.2) is 35.5 Å². The van der Waals surface area contributed by atoms with E-state index in [0.717, 1.165) is 23.8 Å². The summed E-state index contributed by atoms with van der Waals surface area (Å²) >= 11 is 1.73. The minimum atomic E-state index is 0.0810. The highest BCUT2D eigenvalue weighted by Crippen LogP contribution is 2.30. The number of aliphatic hydroxyl groups excluding tert-OH is 1. The predicted molar refractivity (Wildman–Crippen MR) is 88.8 cm³/mol. The van der Waals surface area contributed by atoms with Crippen LogP contribution in [0, 0.1) is 0 Å². The van der Waals surface area contributed by atoms with Gasteiger partial charge in [0, 0.05) is 17.1 Å². The molecule has 0 radical (unpaired) electrons. The molecule has 0 amide bonds. The maximum Gasteiger partial charge on any atom is 0.173 e. The molecule has 0 bridgehead atoms. The Kier molecular flexibility index (Phi) is 5.53. The second-order valence-electron chi connectivity index (χ2n) is 5.35. The molecule has 3 rings (SSSR count). The quantitative estimate of drug-likeness (QED) is 0.630. The largest absolute Gasteiger partial charge is 0.394 e. The van der Waals surface area contributed by atoms with Gasteiger partial charge in [0.2, 0.25) is 0 Å². The first-order valence-electron chi connectivity index (χ1n) is 7.87.